The van der Waals surface area contributed by atoms with E-state index in [4.69, 9.17) is 0 Å². The summed E-state index contributed by atoms with van der Waals surface area (Å²) in [4.78, 5) is 11.2. The molecular formula is C17H21N3O2. The van der Waals surface area contributed by atoms with Crippen molar-refractivity contribution in [2.24, 2.45) is 0 Å². The fourth-order valence-electron chi connectivity index (χ4n) is 2.71. The Morgan fingerprint density at radius 1 is 1.32 bits per heavy atom. The van der Waals surface area contributed by atoms with E-state index in [1.54, 1.807) is 0 Å². The van der Waals surface area contributed by atoms with E-state index < -0.39 is 0 Å². The van der Waals surface area contributed by atoms with Gasteiger partial charge in [-0.25, -0.2) is 0 Å². The maximum atomic E-state index is 11.2. The number of nitrogens with one attached hydrogen (secondary N) is 3. The van der Waals surface area contributed by atoms with Crippen molar-refractivity contribution in [1.82, 2.24) is 10.6 Å². The third-order valence-corrected chi connectivity index (χ3v) is 3.96. The Bertz CT molecular complexity index is 605. The second kappa shape index (κ2) is 6.66. The van der Waals surface area contributed by atoms with Gasteiger partial charge in [-0.3, -0.25) is 4.79 Å². The number of carbonyl (C=O) groups is 1. The maximum absolute atomic E-state index is 11.2. The van der Waals surface area contributed by atoms with Crippen LogP contribution in [0.25, 0.3) is 0 Å². The molecule has 3 N–H and O–H groups in total. The number of ether oxygens (including phenoxy) is 1. The highest BCUT2D eigenvalue weighted by Crippen LogP contribution is 2.21. The highest BCUT2D eigenvalue weighted by Gasteiger charge is 2.17. The standard InChI is InChI=1S/C17H21N3O2/c1-22-17(21)8-12-2-4-15(5-3-12)20-16-9-14-10-18-7-6-13(14)11-19-16/h2-5,9,11,16,18-20H,6-8,10H2,1H3. The van der Waals surface area contributed by atoms with E-state index in [0.29, 0.717) is 6.42 Å². The molecular weight excluding hydrogens is 278 g/mol. The SMILES string of the molecule is COC(=O)Cc1ccc(NC2C=C3CNCCC3=CN2)cc1. The van der Waals surface area contributed by atoms with Crippen LogP contribution in [0.2, 0.25) is 0 Å². The molecule has 0 spiro atoms. The molecule has 22 heavy (non-hydrogen) atoms. The number of rotatable bonds is 4. The molecule has 5 heteroatoms. The largest absolute Gasteiger partial charge is 0.469 e. The second-order valence-corrected chi connectivity index (χ2v) is 5.53. The van der Waals surface area contributed by atoms with Crippen molar-refractivity contribution in [2.75, 3.05) is 25.5 Å². The van der Waals surface area contributed by atoms with Crippen LogP contribution in [0.1, 0.15) is 12.0 Å². The van der Waals surface area contributed by atoms with E-state index >= 15 is 0 Å². The minimum Gasteiger partial charge on any atom is -0.469 e. The van der Waals surface area contributed by atoms with Crippen molar-refractivity contribution in [3.63, 3.8) is 0 Å². The molecule has 0 bridgehead atoms. The van der Waals surface area contributed by atoms with Crippen LogP contribution >= 0.6 is 0 Å². The number of benzene rings is 1. The number of anilines is 1. The van der Waals surface area contributed by atoms with Gasteiger partial charge >= 0.3 is 5.97 Å². The van der Waals surface area contributed by atoms with Crippen molar-refractivity contribution in [1.29, 1.82) is 0 Å². The van der Waals surface area contributed by atoms with Crippen LogP contribution in [-0.4, -0.2) is 32.3 Å². The first kappa shape index (κ1) is 14.7. The zero-order chi connectivity index (χ0) is 15.4. The number of fused-ring (bicyclic) bond motifs is 1. The molecule has 2 aliphatic heterocycles. The Kier molecular flexibility index (Phi) is 4.44. The molecule has 1 aromatic rings. The number of piperidine rings is 1. The van der Waals surface area contributed by atoms with E-state index in [9.17, 15) is 4.79 Å². The quantitative estimate of drug-likeness (QED) is 0.736. The highest BCUT2D eigenvalue weighted by molar-refractivity contribution is 5.72. The van der Waals surface area contributed by atoms with Crippen LogP contribution in [0.4, 0.5) is 5.69 Å². The first-order valence-corrected chi connectivity index (χ1v) is 7.54. The smallest absolute Gasteiger partial charge is 0.309 e. The Morgan fingerprint density at radius 2 is 2.14 bits per heavy atom. The summed E-state index contributed by atoms with van der Waals surface area (Å²) in [6, 6.07) is 7.85. The van der Waals surface area contributed by atoms with Gasteiger partial charge in [0.2, 0.25) is 0 Å². The molecule has 116 valence electrons. The van der Waals surface area contributed by atoms with Gasteiger partial charge in [0.05, 0.1) is 13.5 Å². The lowest BCUT2D eigenvalue weighted by atomic mass is 9.97. The van der Waals surface area contributed by atoms with Crippen molar-refractivity contribution in [2.45, 2.75) is 19.0 Å². The molecule has 1 atom stereocenters. The Balaban J connectivity index is 1.61. The van der Waals surface area contributed by atoms with Crippen LogP contribution in [0.15, 0.2) is 47.7 Å². The van der Waals surface area contributed by atoms with E-state index in [1.165, 1.54) is 18.3 Å². The van der Waals surface area contributed by atoms with Crippen molar-refractivity contribution in [3.05, 3.63) is 53.3 Å². The Hall–Kier alpha value is -2.27. The van der Waals surface area contributed by atoms with Gasteiger partial charge in [0, 0.05) is 18.4 Å². The fourth-order valence-corrected chi connectivity index (χ4v) is 2.71. The summed E-state index contributed by atoms with van der Waals surface area (Å²) in [6.07, 6.45) is 5.81. The average Bonchev–Trinajstić information content (AvgIpc) is 2.56. The van der Waals surface area contributed by atoms with Gasteiger partial charge in [0.15, 0.2) is 0 Å². The van der Waals surface area contributed by atoms with Crippen LogP contribution in [-0.2, 0) is 16.0 Å². The molecule has 1 aromatic carbocycles. The van der Waals surface area contributed by atoms with Gasteiger partial charge in [-0.1, -0.05) is 12.1 Å². The Labute approximate surface area is 130 Å². The number of hydrogen-bond acceptors (Lipinski definition) is 5. The van der Waals surface area contributed by atoms with Crippen LogP contribution < -0.4 is 16.0 Å². The number of hydrogen-bond donors (Lipinski definition) is 3. The maximum Gasteiger partial charge on any atom is 0.309 e. The topological polar surface area (TPSA) is 62.4 Å². The highest BCUT2D eigenvalue weighted by atomic mass is 16.5. The van der Waals surface area contributed by atoms with E-state index in [0.717, 1.165) is 30.8 Å². The third-order valence-electron chi connectivity index (χ3n) is 3.96. The Morgan fingerprint density at radius 3 is 2.91 bits per heavy atom. The van der Waals surface area contributed by atoms with Gasteiger partial charge in [-0.15, -0.1) is 0 Å². The molecule has 3 rings (SSSR count). The van der Waals surface area contributed by atoms with Crippen molar-refractivity contribution in [3.8, 4) is 0 Å². The summed E-state index contributed by atoms with van der Waals surface area (Å²) >= 11 is 0. The normalized spacial score (nSPS) is 20.1. The number of esters is 1. The summed E-state index contributed by atoms with van der Waals surface area (Å²) in [7, 11) is 1.41. The molecule has 0 radical (unpaired) electrons. The summed E-state index contributed by atoms with van der Waals surface area (Å²) < 4.78 is 4.67. The molecule has 0 saturated carbocycles. The van der Waals surface area contributed by atoms with Gasteiger partial charge in [0.25, 0.3) is 0 Å². The number of methoxy groups -OCH3 is 1. The van der Waals surface area contributed by atoms with Crippen LogP contribution in [0.5, 0.6) is 0 Å². The summed E-state index contributed by atoms with van der Waals surface area (Å²) in [5, 5.41) is 10.2. The average molecular weight is 299 g/mol. The molecule has 2 aliphatic rings. The van der Waals surface area contributed by atoms with Gasteiger partial charge in [-0.05, 0) is 47.9 Å². The molecule has 0 aliphatic carbocycles. The fraction of sp³-hybridized carbons (Fsp3) is 0.353. The van der Waals surface area contributed by atoms with Crippen molar-refractivity contribution < 1.29 is 9.53 Å². The first-order chi connectivity index (χ1) is 10.7. The second-order valence-electron chi connectivity index (χ2n) is 5.53. The molecule has 1 unspecified atom stereocenters. The van der Waals surface area contributed by atoms with E-state index in [-0.39, 0.29) is 12.1 Å². The van der Waals surface area contributed by atoms with Crippen LogP contribution in [0.3, 0.4) is 0 Å². The zero-order valence-electron chi connectivity index (χ0n) is 12.7. The lowest BCUT2D eigenvalue weighted by Crippen LogP contribution is -2.37. The van der Waals surface area contributed by atoms with E-state index in [1.807, 2.05) is 24.3 Å². The van der Waals surface area contributed by atoms with Gasteiger partial charge in [0.1, 0.15) is 6.17 Å². The summed E-state index contributed by atoms with van der Waals surface area (Å²) in [5.41, 5.74) is 4.73. The molecule has 2 heterocycles. The first-order valence-electron chi connectivity index (χ1n) is 7.54. The molecule has 1 fully saturated rings. The molecule has 1 saturated heterocycles. The zero-order valence-corrected chi connectivity index (χ0v) is 12.7. The minimum atomic E-state index is -0.221. The third kappa shape index (κ3) is 3.49. The predicted octanol–water partition coefficient (Wildman–Crippen LogP) is 1.55. The summed E-state index contributed by atoms with van der Waals surface area (Å²) in [6.45, 7) is 1.98. The van der Waals surface area contributed by atoms with Gasteiger partial charge in [-0.2, -0.15) is 0 Å². The lowest BCUT2D eigenvalue weighted by molar-refractivity contribution is -0.139. The molecule has 0 amide bonds. The number of dihydropyridines is 1. The van der Waals surface area contributed by atoms with Crippen LogP contribution in [0, 0.1) is 0 Å². The predicted molar refractivity (Wildman–Crippen MR) is 86.4 cm³/mol. The lowest BCUT2D eigenvalue weighted by Gasteiger charge is -2.28. The monoisotopic (exact) mass is 299 g/mol. The number of carbonyl (C=O) groups excluding carboxylic acids is 1. The summed E-state index contributed by atoms with van der Waals surface area (Å²) in [5.74, 6) is -0.221. The van der Waals surface area contributed by atoms with Gasteiger partial charge < -0.3 is 20.7 Å². The molecule has 5 nitrogen and oxygen atoms in total. The molecule has 0 aromatic heterocycles. The van der Waals surface area contributed by atoms with Crippen molar-refractivity contribution >= 4 is 11.7 Å². The minimum absolute atomic E-state index is 0.0881. The van der Waals surface area contributed by atoms with E-state index in [2.05, 4.69) is 33.0 Å².